The van der Waals surface area contributed by atoms with Crippen LogP contribution in [0.1, 0.15) is 22.2 Å². The number of carbonyl (C=O) groups excluding carboxylic acids is 1. The number of hydrogen-bond donors (Lipinski definition) is 2. The van der Waals surface area contributed by atoms with E-state index in [2.05, 4.69) is 10.1 Å². The summed E-state index contributed by atoms with van der Waals surface area (Å²) >= 11 is 0. The van der Waals surface area contributed by atoms with Crippen molar-refractivity contribution in [1.29, 1.82) is 0 Å². The van der Waals surface area contributed by atoms with Gasteiger partial charge in [0, 0.05) is 0 Å². The molecule has 1 unspecified atom stereocenters. The van der Waals surface area contributed by atoms with Gasteiger partial charge >= 0.3 is 6.61 Å². The maximum absolute atomic E-state index is 12.3. The number of rotatable bonds is 6. The lowest BCUT2D eigenvalue weighted by Crippen LogP contribution is -2.31. The van der Waals surface area contributed by atoms with Gasteiger partial charge in [0.05, 0.1) is 18.4 Å². The topological polar surface area (TPSA) is 71.7 Å². The molecule has 2 rings (SSSR count). The first-order valence-corrected chi connectivity index (χ1v) is 6.10. The highest BCUT2D eigenvalue weighted by Crippen LogP contribution is 2.21. The molecule has 0 aliphatic rings. The van der Waals surface area contributed by atoms with Crippen LogP contribution < -0.4 is 10.1 Å². The molecule has 0 aliphatic carbocycles. The normalized spacial score (nSPS) is 12.2. The first kappa shape index (κ1) is 15.0. The highest BCUT2D eigenvalue weighted by atomic mass is 19.3. The van der Waals surface area contributed by atoms with E-state index in [1.54, 1.807) is 12.1 Å². The number of benzene rings is 1. The van der Waals surface area contributed by atoms with Crippen molar-refractivity contribution in [3.8, 4) is 5.75 Å². The monoisotopic (exact) mass is 297 g/mol. The molecule has 1 aromatic heterocycles. The summed E-state index contributed by atoms with van der Waals surface area (Å²) in [4.78, 5) is 12.1. The van der Waals surface area contributed by atoms with Gasteiger partial charge in [0.2, 0.25) is 0 Å². The third kappa shape index (κ3) is 3.79. The SMILES string of the molecule is O=C(NC(CO)c1ccco1)c1ccccc1OC(F)F. The number of carbonyl (C=O) groups is 1. The zero-order chi connectivity index (χ0) is 15.2. The number of alkyl halides is 2. The second-order valence-corrected chi connectivity index (χ2v) is 4.10. The van der Waals surface area contributed by atoms with Gasteiger partial charge in [-0.1, -0.05) is 12.1 Å². The predicted molar refractivity (Wildman–Crippen MR) is 69.1 cm³/mol. The molecule has 0 spiro atoms. The third-order valence-electron chi connectivity index (χ3n) is 2.72. The van der Waals surface area contributed by atoms with Gasteiger partial charge in [-0.25, -0.2) is 0 Å². The summed E-state index contributed by atoms with van der Waals surface area (Å²) in [5, 5.41) is 11.8. The van der Waals surface area contributed by atoms with Crippen molar-refractivity contribution in [1.82, 2.24) is 5.32 Å². The van der Waals surface area contributed by atoms with E-state index in [0.29, 0.717) is 5.76 Å². The van der Waals surface area contributed by atoms with Crippen LogP contribution in [0, 0.1) is 0 Å². The number of hydrogen-bond acceptors (Lipinski definition) is 4. The van der Waals surface area contributed by atoms with Gasteiger partial charge in [0.25, 0.3) is 5.91 Å². The van der Waals surface area contributed by atoms with E-state index in [0.717, 1.165) is 0 Å². The number of ether oxygens (including phenoxy) is 1. The van der Waals surface area contributed by atoms with Crippen molar-refractivity contribution >= 4 is 5.91 Å². The molecule has 7 heteroatoms. The molecule has 2 aromatic rings. The first-order valence-electron chi connectivity index (χ1n) is 6.10. The average Bonchev–Trinajstić information content (AvgIpc) is 2.98. The summed E-state index contributed by atoms with van der Waals surface area (Å²) in [6, 6.07) is 8.04. The molecule has 0 saturated carbocycles. The van der Waals surface area contributed by atoms with Crippen molar-refractivity contribution in [2.75, 3.05) is 6.61 Å². The van der Waals surface area contributed by atoms with Crippen molar-refractivity contribution in [3.05, 3.63) is 54.0 Å². The van der Waals surface area contributed by atoms with Crippen LogP contribution in [0.5, 0.6) is 5.75 Å². The van der Waals surface area contributed by atoms with Crippen LogP contribution >= 0.6 is 0 Å². The Morgan fingerprint density at radius 1 is 1.29 bits per heavy atom. The summed E-state index contributed by atoms with van der Waals surface area (Å²) in [6.45, 7) is -3.42. The number of aliphatic hydroxyl groups is 1. The van der Waals surface area contributed by atoms with E-state index in [9.17, 15) is 18.7 Å². The zero-order valence-corrected chi connectivity index (χ0v) is 10.8. The van der Waals surface area contributed by atoms with Gasteiger partial charge in [-0.3, -0.25) is 4.79 Å². The van der Waals surface area contributed by atoms with Crippen LogP contribution in [0.3, 0.4) is 0 Å². The second kappa shape index (κ2) is 6.85. The number of halogens is 2. The largest absolute Gasteiger partial charge is 0.467 e. The number of nitrogens with one attached hydrogen (secondary N) is 1. The fourth-order valence-electron chi connectivity index (χ4n) is 1.79. The molecule has 0 fully saturated rings. The number of para-hydroxylation sites is 1. The van der Waals surface area contributed by atoms with E-state index >= 15 is 0 Å². The van der Waals surface area contributed by atoms with Crippen LogP contribution in [-0.2, 0) is 0 Å². The lowest BCUT2D eigenvalue weighted by molar-refractivity contribution is -0.0501. The zero-order valence-electron chi connectivity index (χ0n) is 10.8. The Morgan fingerprint density at radius 2 is 2.05 bits per heavy atom. The molecule has 0 saturated heterocycles. The molecule has 112 valence electrons. The molecule has 0 aliphatic heterocycles. The Bertz CT molecular complexity index is 586. The summed E-state index contributed by atoms with van der Waals surface area (Å²) in [7, 11) is 0. The summed E-state index contributed by atoms with van der Waals surface area (Å²) in [6.07, 6.45) is 1.40. The molecule has 2 N–H and O–H groups in total. The predicted octanol–water partition coefficient (Wildman–Crippen LogP) is 2.34. The van der Waals surface area contributed by atoms with Gasteiger partial charge in [-0.05, 0) is 24.3 Å². The van der Waals surface area contributed by atoms with Crippen LogP contribution in [0.15, 0.2) is 47.1 Å². The highest BCUT2D eigenvalue weighted by Gasteiger charge is 2.20. The Balaban J connectivity index is 2.16. The van der Waals surface area contributed by atoms with Crippen molar-refractivity contribution in [2.45, 2.75) is 12.7 Å². The molecule has 21 heavy (non-hydrogen) atoms. The molecule has 1 heterocycles. The Kier molecular flexibility index (Phi) is 4.89. The molecule has 5 nitrogen and oxygen atoms in total. The molecular weight excluding hydrogens is 284 g/mol. The molecular formula is C14H13F2NO4. The molecule has 1 aromatic carbocycles. The van der Waals surface area contributed by atoms with Gasteiger partial charge in [0.1, 0.15) is 17.6 Å². The quantitative estimate of drug-likeness (QED) is 0.858. The van der Waals surface area contributed by atoms with E-state index in [4.69, 9.17) is 4.42 Å². The lowest BCUT2D eigenvalue weighted by Gasteiger charge is -2.15. The Morgan fingerprint density at radius 3 is 2.67 bits per heavy atom. The minimum atomic E-state index is -3.03. The van der Waals surface area contributed by atoms with Crippen LogP contribution in [0.25, 0.3) is 0 Å². The maximum Gasteiger partial charge on any atom is 0.387 e. The van der Waals surface area contributed by atoms with E-state index in [-0.39, 0.29) is 11.3 Å². The van der Waals surface area contributed by atoms with E-state index in [1.807, 2.05) is 0 Å². The van der Waals surface area contributed by atoms with Crippen LogP contribution in [0.4, 0.5) is 8.78 Å². The van der Waals surface area contributed by atoms with Gasteiger partial charge in [-0.2, -0.15) is 8.78 Å². The highest BCUT2D eigenvalue weighted by molar-refractivity contribution is 5.97. The lowest BCUT2D eigenvalue weighted by atomic mass is 10.1. The standard InChI is InChI=1S/C14H13F2NO4/c15-14(16)21-11-5-2-1-4-9(11)13(19)17-10(8-18)12-6-3-7-20-12/h1-7,10,14,18H,8H2,(H,17,19). The maximum atomic E-state index is 12.3. The second-order valence-electron chi connectivity index (χ2n) is 4.10. The van der Waals surface area contributed by atoms with Gasteiger partial charge in [0.15, 0.2) is 0 Å². The van der Waals surface area contributed by atoms with Gasteiger partial charge in [-0.15, -0.1) is 0 Å². The fraction of sp³-hybridized carbons (Fsp3) is 0.214. The summed E-state index contributed by atoms with van der Waals surface area (Å²) in [5.41, 5.74) is -0.0530. The Labute approximate surface area is 119 Å². The molecule has 1 atom stereocenters. The number of furan rings is 1. The van der Waals surface area contributed by atoms with Gasteiger partial charge < -0.3 is 19.6 Å². The van der Waals surface area contributed by atoms with E-state index < -0.39 is 25.2 Å². The van der Waals surface area contributed by atoms with E-state index in [1.165, 1.54) is 30.5 Å². The molecule has 0 radical (unpaired) electrons. The van der Waals surface area contributed by atoms with Crippen LogP contribution in [-0.4, -0.2) is 24.2 Å². The smallest absolute Gasteiger partial charge is 0.387 e. The number of amides is 1. The third-order valence-corrected chi connectivity index (χ3v) is 2.72. The summed E-state index contributed by atoms with van der Waals surface area (Å²) < 4.78 is 34.0. The van der Waals surface area contributed by atoms with Crippen molar-refractivity contribution < 1.29 is 27.8 Å². The minimum absolute atomic E-state index is 0.0530. The first-order chi connectivity index (χ1) is 10.1. The van der Waals surface area contributed by atoms with Crippen molar-refractivity contribution in [3.63, 3.8) is 0 Å². The van der Waals surface area contributed by atoms with Crippen molar-refractivity contribution in [2.24, 2.45) is 0 Å². The minimum Gasteiger partial charge on any atom is -0.467 e. The number of aliphatic hydroxyl groups excluding tert-OH is 1. The average molecular weight is 297 g/mol. The fourth-order valence-corrected chi connectivity index (χ4v) is 1.79. The molecule has 1 amide bonds. The Hall–Kier alpha value is -2.41. The van der Waals surface area contributed by atoms with Crippen LogP contribution in [0.2, 0.25) is 0 Å². The summed E-state index contributed by atoms with van der Waals surface area (Å²) in [5.74, 6) is -0.527. The molecule has 0 bridgehead atoms.